The van der Waals surface area contributed by atoms with Crippen LogP contribution in [0.4, 0.5) is 0 Å². The molecule has 4 heteroatoms. The SMILES string of the molecule is CC(C)=CCC/C(C)=C/CC[C@@](C)(O)[C@@H]1Cc2c(c3ccccc3[n+]([O-])c2C)O1. The van der Waals surface area contributed by atoms with E-state index in [1.165, 1.54) is 11.1 Å². The van der Waals surface area contributed by atoms with E-state index >= 15 is 0 Å². The molecular formula is C25H33NO3. The average Bonchev–Trinajstić information content (AvgIpc) is 3.12. The fourth-order valence-electron chi connectivity index (χ4n) is 4.03. The summed E-state index contributed by atoms with van der Waals surface area (Å²) in [5.41, 5.74) is 3.92. The molecular weight excluding hydrogens is 362 g/mol. The Hall–Kier alpha value is -2.33. The highest BCUT2D eigenvalue weighted by Gasteiger charge is 2.41. The number of rotatable bonds is 7. The molecule has 2 aromatic rings. The minimum atomic E-state index is -0.961. The molecule has 2 atom stereocenters. The first-order valence-electron chi connectivity index (χ1n) is 10.5. The van der Waals surface area contributed by atoms with Crippen molar-refractivity contribution in [3.05, 3.63) is 64.0 Å². The van der Waals surface area contributed by atoms with Crippen molar-refractivity contribution in [2.24, 2.45) is 0 Å². The number of ether oxygens (including phenoxy) is 1. The van der Waals surface area contributed by atoms with Gasteiger partial charge in [0.15, 0.2) is 5.69 Å². The summed E-state index contributed by atoms with van der Waals surface area (Å²) >= 11 is 0. The van der Waals surface area contributed by atoms with Crippen LogP contribution in [0.3, 0.4) is 0 Å². The zero-order valence-corrected chi connectivity index (χ0v) is 18.3. The smallest absolute Gasteiger partial charge is 0.227 e. The predicted octanol–water partition coefficient (Wildman–Crippen LogP) is 5.31. The summed E-state index contributed by atoms with van der Waals surface area (Å²) in [6, 6.07) is 7.50. The van der Waals surface area contributed by atoms with Crippen LogP contribution in [0.1, 0.15) is 64.6 Å². The van der Waals surface area contributed by atoms with Crippen LogP contribution in [0.5, 0.6) is 5.75 Å². The molecule has 0 amide bonds. The molecule has 1 aromatic carbocycles. The van der Waals surface area contributed by atoms with Gasteiger partial charge >= 0.3 is 0 Å². The Kier molecular flexibility index (Phi) is 6.33. The highest BCUT2D eigenvalue weighted by atomic mass is 16.5. The number of allylic oxidation sites excluding steroid dienone is 4. The van der Waals surface area contributed by atoms with E-state index in [0.717, 1.165) is 40.7 Å². The van der Waals surface area contributed by atoms with Crippen LogP contribution in [0.15, 0.2) is 47.6 Å². The normalized spacial score (nSPS) is 18.3. The van der Waals surface area contributed by atoms with E-state index in [4.69, 9.17) is 4.74 Å². The summed E-state index contributed by atoms with van der Waals surface area (Å²) in [6.45, 7) is 10.1. The van der Waals surface area contributed by atoms with Crippen molar-refractivity contribution < 1.29 is 14.6 Å². The van der Waals surface area contributed by atoms with Crippen LogP contribution in [0.25, 0.3) is 10.9 Å². The molecule has 29 heavy (non-hydrogen) atoms. The van der Waals surface area contributed by atoms with Crippen molar-refractivity contribution >= 4 is 10.9 Å². The summed E-state index contributed by atoms with van der Waals surface area (Å²) in [4.78, 5) is 0. The summed E-state index contributed by atoms with van der Waals surface area (Å²) in [5, 5.41) is 24.6. The molecule has 1 aliphatic rings. The highest BCUT2D eigenvalue weighted by molar-refractivity contribution is 5.84. The molecule has 0 fully saturated rings. The number of aliphatic hydroxyl groups is 1. The second-order valence-corrected chi connectivity index (χ2v) is 8.78. The van der Waals surface area contributed by atoms with E-state index in [1.54, 1.807) is 0 Å². The zero-order valence-electron chi connectivity index (χ0n) is 18.3. The molecule has 3 rings (SSSR count). The van der Waals surface area contributed by atoms with Crippen molar-refractivity contribution in [3.63, 3.8) is 0 Å². The lowest BCUT2D eigenvalue weighted by atomic mass is 9.89. The number of para-hydroxylation sites is 1. The predicted molar refractivity (Wildman–Crippen MR) is 118 cm³/mol. The van der Waals surface area contributed by atoms with Gasteiger partial charge in [0.1, 0.15) is 11.9 Å². The van der Waals surface area contributed by atoms with Gasteiger partial charge in [-0.05, 0) is 59.4 Å². The molecule has 0 aliphatic carbocycles. The molecule has 0 saturated heterocycles. The third-order valence-electron chi connectivity index (χ3n) is 5.96. The van der Waals surface area contributed by atoms with Crippen LogP contribution >= 0.6 is 0 Å². The van der Waals surface area contributed by atoms with Gasteiger partial charge in [0.2, 0.25) is 5.52 Å². The molecule has 0 unspecified atom stereocenters. The van der Waals surface area contributed by atoms with E-state index in [2.05, 4.69) is 32.9 Å². The number of fused-ring (bicyclic) bond motifs is 3. The van der Waals surface area contributed by atoms with E-state index in [-0.39, 0.29) is 6.10 Å². The second kappa shape index (κ2) is 8.58. The van der Waals surface area contributed by atoms with Gasteiger partial charge in [0, 0.05) is 19.4 Å². The first-order valence-corrected chi connectivity index (χ1v) is 10.5. The molecule has 0 bridgehead atoms. The molecule has 2 heterocycles. The molecule has 1 aromatic heterocycles. The molecule has 0 saturated carbocycles. The average molecular weight is 396 g/mol. The van der Waals surface area contributed by atoms with Crippen molar-refractivity contribution in [2.75, 3.05) is 0 Å². The zero-order chi connectivity index (χ0) is 21.2. The van der Waals surface area contributed by atoms with Crippen molar-refractivity contribution in [1.29, 1.82) is 0 Å². The van der Waals surface area contributed by atoms with E-state index < -0.39 is 5.60 Å². The van der Waals surface area contributed by atoms with E-state index in [0.29, 0.717) is 24.1 Å². The first kappa shape index (κ1) is 21.4. The maximum atomic E-state index is 12.6. The van der Waals surface area contributed by atoms with Gasteiger partial charge in [-0.15, -0.1) is 0 Å². The largest absolute Gasteiger partial charge is 0.618 e. The minimum Gasteiger partial charge on any atom is -0.618 e. The number of hydrogen-bond acceptors (Lipinski definition) is 3. The first-order chi connectivity index (χ1) is 13.7. The van der Waals surface area contributed by atoms with Gasteiger partial charge in [-0.25, -0.2) is 0 Å². The minimum absolute atomic E-state index is 0.346. The number of aromatic nitrogens is 1. The fourth-order valence-corrected chi connectivity index (χ4v) is 4.03. The Morgan fingerprint density at radius 3 is 2.69 bits per heavy atom. The monoisotopic (exact) mass is 395 g/mol. The van der Waals surface area contributed by atoms with E-state index in [9.17, 15) is 10.3 Å². The van der Waals surface area contributed by atoms with Crippen molar-refractivity contribution in [3.8, 4) is 5.75 Å². The van der Waals surface area contributed by atoms with E-state index in [1.807, 2.05) is 38.1 Å². The van der Waals surface area contributed by atoms with Crippen LogP contribution in [-0.4, -0.2) is 16.8 Å². The Morgan fingerprint density at radius 1 is 1.24 bits per heavy atom. The van der Waals surface area contributed by atoms with Gasteiger partial charge in [0.05, 0.1) is 16.6 Å². The Bertz CT molecular complexity index is 952. The Labute approximate surface area is 174 Å². The summed E-state index contributed by atoms with van der Waals surface area (Å²) in [7, 11) is 0. The van der Waals surface area contributed by atoms with Crippen LogP contribution < -0.4 is 9.47 Å². The van der Waals surface area contributed by atoms with Crippen LogP contribution in [-0.2, 0) is 6.42 Å². The molecule has 1 N–H and O–H groups in total. The lowest BCUT2D eigenvalue weighted by Crippen LogP contribution is -2.42. The standard InChI is InChI=1S/C25H33NO3/c1-17(2)10-8-11-18(3)12-9-15-25(5,27)23-16-21-19(4)26(28)22-14-7-6-13-20(22)24(21)29-23/h6-7,10,12-14,23,27H,8-9,11,15-16H2,1-5H3/b18-12+/t23-,25+/m0/s1. The van der Waals surface area contributed by atoms with Gasteiger partial charge in [-0.2, -0.15) is 4.73 Å². The van der Waals surface area contributed by atoms with Crippen molar-refractivity contribution in [1.82, 2.24) is 0 Å². The van der Waals surface area contributed by atoms with Gasteiger partial charge in [-0.3, -0.25) is 0 Å². The lowest BCUT2D eigenvalue weighted by molar-refractivity contribution is -0.584. The van der Waals surface area contributed by atoms with Crippen molar-refractivity contribution in [2.45, 2.75) is 78.4 Å². The topological polar surface area (TPSA) is 56.4 Å². The molecule has 156 valence electrons. The van der Waals surface area contributed by atoms with Gasteiger partial charge in [0.25, 0.3) is 0 Å². The molecule has 0 radical (unpaired) electrons. The number of pyridine rings is 1. The Balaban J connectivity index is 1.70. The van der Waals surface area contributed by atoms with Gasteiger partial charge in [-0.1, -0.05) is 35.4 Å². The summed E-state index contributed by atoms with van der Waals surface area (Å²) in [6.07, 6.45) is 8.24. The Morgan fingerprint density at radius 2 is 1.97 bits per heavy atom. The highest BCUT2D eigenvalue weighted by Crippen LogP contribution is 2.40. The van der Waals surface area contributed by atoms with Crippen LogP contribution in [0, 0.1) is 12.1 Å². The maximum absolute atomic E-state index is 12.6. The molecule has 0 spiro atoms. The maximum Gasteiger partial charge on any atom is 0.227 e. The van der Waals surface area contributed by atoms with Gasteiger partial charge < -0.3 is 15.1 Å². The molecule has 4 nitrogen and oxygen atoms in total. The second-order valence-electron chi connectivity index (χ2n) is 8.78. The number of benzene rings is 1. The molecule has 1 aliphatic heterocycles. The number of hydrogen-bond donors (Lipinski definition) is 1. The fraction of sp³-hybridized carbons (Fsp3) is 0.480. The third kappa shape index (κ3) is 4.64. The van der Waals surface area contributed by atoms with Crippen LogP contribution in [0.2, 0.25) is 0 Å². The third-order valence-corrected chi connectivity index (χ3v) is 5.96. The summed E-state index contributed by atoms with van der Waals surface area (Å²) in [5.74, 6) is 0.754. The number of nitrogens with zero attached hydrogens (tertiary/aromatic N) is 1. The lowest BCUT2D eigenvalue weighted by Gasteiger charge is -2.29. The quantitative estimate of drug-likeness (QED) is 0.393. The summed E-state index contributed by atoms with van der Waals surface area (Å²) < 4.78 is 7.22.